The van der Waals surface area contributed by atoms with Crippen LogP contribution in [0.25, 0.3) is 0 Å². The summed E-state index contributed by atoms with van der Waals surface area (Å²) >= 11 is 0. The van der Waals surface area contributed by atoms with Crippen LogP contribution in [0.5, 0.6) is 0 Å². The number of benzene rings is 1. The first kappa shape index (κ1) is 22.2. The van der Waals surface area contributed by atoms with Gasteiger partial charge in [0.25, 0.3) is 5.91 Å². The summed E-state index contributed by atoms with van der Waals surface area (Å²) in [7, 11) is 3.26. The van der Waals surface area contributed by atoms with Crippen LogP contribution in [-0.2, 0) is 18.9 Å². The van der Waals surface area contributed by atoms with Gasteiger partial charge in [-0.15, -0.1) is 0 Å². The van der Waals surface area contributed by atoms with Gasteiger partial charge in [0, 0.05) is 31.0 Å². The third-order valence-electron chi connectivity index (χ3n) is 3.55. The van der Waals surface area contributed by atoms with E-state index in [9.17, 15) is 4.79 Å². The van der Waals surface area contributed by atoms with Crippen LogP contribution in [0, 0.1) is 0 Å². The third-order valence-corrected chi connectivity index (χ3v) is 3.55. The average Bonchev–Trinajstić information content (AvgIpc) is 2.68. The molecule has 0 atom stereocenters. The quantitative estimate of drug-likeness (QED) is 0.399. The highest BCUT2D eigenvalue weighted by molar-refractivity contribution is 6.09. The summed E-state index contributed by atoms with van der Waals surface area (Å²) in [5, 5.41) is 2.64. The number of hydrogen-bond acceptors (Lipinski definition) is 6. The van der Waals surface area contributed by atoms with Gasteiger partial charge >= 0.3 is 0 Å². The average molecular weight is 366 g/mol. The summed E-state index contributed by atoms with van der Waals surface area (Å²) in [6.07, 6.45) is 0. The lowest BCUT2D eigenvalue weighted by Gasteiger charge is -2.08. The van der Waals surface area contributed by atoms with E-state index in [1.54, 1.807) is 20.2 Å². The van der Waals surface area contributed by atoms with Crippen molar-refractivity contribution in [3.63, 3.8) is 0 Å². The second-order valence-electron chi connectivity index (χ2n) is 5.42. The summed E-state index contributed by atoms with van der Waals surface area (Å²) in [6.45, 7) is 6.25. The first-order valence-electron chi connectivity index (χ1n) is 8.75. The maximum absolute atomic E-state index is 11.9. The number of ether oxygens (including phenoxy) is 4. The zero-order valence-corrected chi connectivity index (χ0v) is 16.0. The predicted octanol–water partition coefficient (Wildman–Crippen LogP) is 1.55. The van der Waals surface area contributed by atoms with Crippen molar-refractivity contribution < 1.29 is 23.7 Å². The van der Waals surface area contributed by atoms with Crippen LogP contribution < -0.4 is 5.32 Å². The standard InChI is InChI=1S/C19H30N2O5/c1-16(17-6-4-5-7-18(17)19(22)20-2)21-8-9-24-12-13-26-15-14-25-11-10-23-3/h4-7H,8-15H2,1-3H3,(H,20,22). The van der Waals surface area contributed by atoms with Crippen molar-refractivity contribution in [1.29, 1.82) is 0 Å². The number of hydrogen-bond donors (Lipinski definition) is 1. The van der Waals surface area contributed by atoms with E-state index in [1.807, 2.05) is 25.1 Å². The number of aliphatic imine (C=N–C) groups is 1. The highest BCUT2D eigenvalue weighted by atomic mass is 16.6. The largest absolute Gasteiger partial charge is 0.382 e. The second kappa shape index (κ2) is 14.4. The maximum Gasteiger partial charge on any atom is 0.251 e. The Bertz CT molecular complexity index is 548. The van der Waals surface area contributed by atoms with E-state index < -0.39 is 0 Å². The molecule has 0 bridgehead atoms. The van der Waals surface area contributed by atoms with Crippen molar-refractivity contribution in [2.75, 3.05) is 67.0 Å². The molecule has 1 aromatic carbocycles. The molecule has 1 aromatic rings. The molecule has 1 N–H and O–H groups in total. The Hall–Kier alpha value is -1.80. The smallest absolute Gasteiger partial charge is 0.251 e. The molecule has 26 heavy (non-hydrogen) atoms. The fourth-order valence-corrected chi connectivity index (χ4v) is 2.18. The fourth-order valence-electron chi connectivity index (χ4n) is 2.18. The van der Waals surface area contributed by atoms with Crippen LogP contribution in [0.4, 0.5) is 0 Å². The van der Waals surface area contributed by atoms with E-state index in [0.29, 0.717) is 58.4 Å². The van der Waals surface area contributed by atoms with Crippen molar-refractivity contribution in [2.45, 2.75) is 6.92 Å². The number of nitrogens with one attached hydrogen (secondary N) is 1. The molecule has 0 aliphatic carbocycles. The highest BCUT2D eigenvalue weighted by Crippen LogP contribution is 2.10. The van der Waals surface area contributed by atoms with E-state index in [-0.39, 0.29) is 5.91 Å². The molecule has 146 valence electrons. The lowest BCUT2D eigenvalue weighted by Crippen LogP contribution is -2.20. The van der Waals surface area contributed by atoms with E-state index in [1.165, 1.54) is 0 Å². The van der Waals surface area contributed by atoms with Crippen molar-refractivity contribution in [1.82, 2.24) is 5.32 Å². The molecule has 0 radical (unpaired) electrons. The van der Waals surface area contributed by atoms with Gasteiger partial charge in [-0.2, -0.15) is 0 Å². The van der Waals surface area contributed by atoms with Crippen molar-refractivity contribution in [3.05, 3.63) is 35.4 Å². The van der Waals surface area contributed by atoms with Crippen LogP contribution >= 0.6 is 0 Å². The monoisotopic (exact) mass is 366 g/mol. The van der Waals surface area contributed by atoms with E-state index in [2.05, 4.69) is 10.3 Å². The molecule has 1 rings (SSSR count). The lowest BCUT2D eigenvalue weighted by atomic mass is 10.0. The Balaban J connectivity index is 2.18. The fraction of sp³-hybridized carbons (Fsp3) is 0.579. The van der Waals surface area contributed by atoms with Gasteiger partial charge in [-0.05, 0) is 13.0 Å². The minimum absolute atomic E-state index is 0.116. The van der Waals surface area contributed by atoms with Crippen LogP contribution in [-0.4, -0.2) is 78.6 Å². The minimum Gasteiger partial charge on any atom is -0.382 e. The van der Waals surface area contributed by atoms with Crippen molar-refractivity contribution >= 4 is 11.6 Å². The normalized spacial score (nSPS) is 11.6. The zero-order chi connectivity index (χ0) is 19.0. The van der Waals surface area contributed by atoms with Gasteiger partial charge in [-0.25, -0.2) is 0 Å². The molecule has 0 saturated carbocycles. The highest BCUT2D eigenvalue weighted by Gasteiger charge is 2.10. The predicted molar refractivity (Wildman–Crippen MR) is 101 cm³/mol. The molecule has 0 heterocycles. The number of rotatable bonds is 14. The summed E-state index contributed by atoms with van der Waals surface area (Å²) in [6, 6.07) is 7.42. The Kier molecular flexibility index (Phi) is 12.3. The molecule has 1 amide bonds. The number of amides is 1. The van der Waals surface area contributed by atoms with Gasteiger partial charge in [-0.1, -0.05) is 18.2 Å². The van der Waals surface area contributed by atoms with Crippen LogP contribution in [0.1, 0.15) is 22.8 Å². The van der Waals surface area contributed by atoms with Crippen LogP contribution in [0.2, 0.25) is 0 Å². The van der Waals surface area contributed by atoms with Gasteiger partial charge < -0.3 is 24.3 Å². The van der Waals surface area contributed by atoms with Crippen LogP contribution in [0.15, 0.2) is 29.3 Å². The first-order valence-corrected chi connectivity index (χ1v) is 8.75. The Morgan fingerprint density at radius 2 is 1.46 bits per heavy atom. The van der Waals surface area contributed by atoms with Gasteiger partial charge in [0.05, 0.1) is 52.8 Å². The number of carbonyl (C=O) groups excluding carboxylic acids is 1. The van der Waals surface area contributed by atoms with E-state index in [4.69, 9.17) is 18.9 Å². The number of nitrogens with zero attached hydrogens (tertiary/aromatic N) is 1. The molecule has 7 heteroatoms. The van der Waals surface area contributed by atoms with Crippen molar-refractivity contribution in [2.24, 2.45) is 4.99 Å². The first-order chi connectivity index (χ1) is 12.7. The second-order valence-corrected chi connectivity index (χ2v) is 5.42. The SMILES string of the molecule is CNC(=O)c1ccccc1C(C)=NCCOCCOCCOCCOC. The van der Waals surface area contributed by atoms with Gasteiger partial charge in [0.1, 0.15) is 0 Å². The van der Waals surface area contributed by atoms with Gasteiger partial charge in [0.15, 0.2) is 0 Å². The molecule has 0 aromatic heterocycles. The number of carbonyl (C=O) groups is 1. The summed E-state index contributed by atoms with van der Waals surface area (Å²) in [5.74, 6) is -0.116. The third kappa shape index (κ3) is 9.05. The Labute approximate surface area is 155 Å². The lowest BCUT2D eigenvalue weighted by molar-refractivity contribution is 0.00472. The van der Waals surface area contributed by atoms with Crippen molar-refractivity contribution in [3.8, 4) is 0 Å². The molecule has 0 spiro atoms. The minimum atomic E-state index is -0.116. The summed E-state index contributed by atoms with van der Waals surface area (Å²) < 4.78 is 21.0. The Morgan fingerprint density at radius 3 is 2.04 bits per heavy atom. The van der Waals surface area contributed by atoms with E-state index in [0.717, 1.165) is 11.3 Å². The topological polar surface area (TPSA) is 78.4 Å². The molecule has 0 fully saturated rings. The molecule has 0 aliphatic heterocycles. The zero-order valence-electron chi connectivity index (χ0n) is 16.0. The molecule has 7 nitrogen and oxygen atoms in total. The van der Waals surface area contributed by atoms with Gasteiger partial charge in [-0.3, -0.25) is 9.79 Å². The molecular formula is C19H30N2O5. The Morgan fingerprint density at radius 1 is 0.923 bits per heavy atom. The van der Waals surface area contributed by atoms with Crippen LogP contribution in [0.3, 0.4) is 0 Å². The summed E-state index contributed by atoms with van der Waals surface area (Å²) in [4.78, 5) is 16.4. The summed E-state index contributed by atoms with van der Waals surface area (Å²) in [5.41, 5.74) is 2.28. The molecular weight excluding hydrogens is 336 g/mol. The maximum atomic E-state index is 11.9. The molecule has 0 unspecified atom stereocenters. The van der Waals surface area contributed by atoms with Gasteiger partial charge in [0.2, 0.25) is 0 Å². The molecule has 0 aliphatic rings. The number of methoxy groups -OCH3 is 1. The van der Waals surface area contributed by atoms with E-state index >= 15 is 0 Å². The molecule has 0 saturated heterocycles.